The van der Waals surface area contributed by atoms with Gasteiger partial charge in [0.1, 0.15) is 5.82 Å². The van der Waals surface area contributed by atoms with Crippen LogP contribution in [0.25, 0.3) is 11.4 Å². The van der Waals surface area contributed by atoms with Gasteiger partial charge in [-0.1, -0.05) is 6.92 Å². The van der Waals surface area contributed by atoms with E-state index in [-0.39, 0.29) is 34.9 Å². The lowest BCUT2D eigenvalue weighted by Gasteiger charge is -2.42. The van der Waals surface area contributed by atoms with Crippen LogP contribution >= 0.6 is 11.3 Å². The van der Waals surface area contributed by atoms with Crippen LogP contribution in [0.2, 0.25) is 0 Å². The van der Waals surface area contributed by atoms with Crippen LogP contribution in [0.4, 0.5) is 16.3 Å². The molecule has 2 amide bonds. The summed E-state index contributed by atoms with van der Waals surface area (Å²) in [5, 5.41) is 15.5. The number of aliphatic hydroxyl groups excluding tert-OH is 1. The van der Waals surface area contributed by atoms with Gasteiger partial charge in [0, 0.05) is 54.5 Å². The third-order valence-corrected chi connectivity index (χ3v) is 11.1. The van der Waals surface area contributed by atoms with Gasteiger partial charge in [0.05, 0.1) is 30.2 Å². The molecule has 0 bridgehead atoms. The Bertz CT molecular complexity index is 1420. The molecular formula is C27H34N6O5S2. The van der Waals surface area contributed by atoms with Crippen molar-refractivity contribution in [2.45, 2.75) is 48.2 Å². The molecule has 214 valence electrons. The van der Waals surface area contributed by atoms with Crippen molar-refractivity contribution in [2.24, 2.45) is 5.92 Å². The first-order chi connectivity index (χ1) is 19.3. The van der Waals surface area contributed by atoms with Gasteiger partial charge in [-0.25, -0.2) is 28.2 Å². The number of rotatable bonds is 9. The number of carbonyl (C=O) groups excluding carboxylic acids is 1. The van der Waals surface area contributed by atoms with Crippen LogP contribution in [0.1, 0.15) is 38.3 Å². The van der Waals surface area contributed by atoms with Crippen LogP contribution < -0.4 is 15.5 Å². The van der Waals surface area contributed by atoms with Crippen LogP contribution in [-0.4, -0.2) is 78.7 Å². The lowest BCUT2D eigenvalue weighted by atomic mass is 9.72. The molecule has 1 aromatic carbocycles. The Morgan fingerprint density at radius 2 is 2.02 bits per heavy atom. The van der Waals surface area contributed by atoms with Crippen molar-refractivity contribution in [3.63, 3.8) is 0 Å². The van der Waals surface area contributed by atoms with Crippen LogP contribution in [0, 0.1) is 5.92 Å². The highest BCUT2D eigenvalue weighted by atomic mass is 32.2. The van der Waals surface area contributed by atoms with E-state index in [2.05, 4.69) is 27.4 Å². The lowest BCUT2D eigenvalue weighted by Crippen LogP contribution is -2.45. The highest BCUT2D eigenvalue weighted by molar-refractivity contribution is 7.94. The second kappa shape index (κ2) is 12.2. The van der Waals surface area contributed by atoms with E-state index >= 15 is 0 Å². The summed E-state index contributed by atoms with van der Waals surface area (Å²) in [5.74, 6) is 1.19. The molecule has 0 spiro atoms. The minimum atomic E-state index is -3.49. The van der Waals surface area contributed by atoms with Crippen LogP contribution in [0.5, 0.6) is 0 Å². The fourth-order valence-corrected chi connectivity index (χ4v) is 8.28. The zero-order chi connectivity index (χ0) is 28.3. The van der Waals surface area contributed by atoms with Gasteiger partial charge in [-0.05, 0) is 49.9 Å². The molecule has 11 nitrogen and oxygen atoms in total. The number of carbonyl (C=O) groups is 1. The maximum atomic E-state index is 13.1. The molecule has 40 heavy (non-hydrogen) atoms. The average Bonchev–Trinajstić information content (AvgIpc) is 3.49. The van der Waals surface area contributed by atoms with E-state index in [1.165, 1.54) is 6.20 Å². The van der Waals surface area contributed by atoms with Crippen molar-refractivity contribution in [2.75, 3.05) is 43.1 Å². The van der Waals surface area contributed by atoms with Gasteiger partial charge in [-0.3, -0.25) is 0 Å². The largest absolute Gasteiger partial charge is 0.396 e. The van der Waals surface area contributed by atoms with Gasteiger partial charge in [0.15, 0.2) is 5.82 Å². The maximum absolute atomic E-state index is 13.1. The Morgan fingerprint density at radius 3 is 2.70 bits per heavy atom. The summed E-state index contributed by atoms with van der Waals surface area (Å²) >= 11 is 1.15. The predicted molar refractivity (Wildman–Crippen MR) is 153 cm³/mol. The average molecular weight is 587 g/mol. The van der Waals surface area contributed by atoms with Crippen molar-refractivity contribution < 1.29 is 23.1 Å². The molecular weight excluding hydrogens is 552 g/mol. The molecule has 3 heterocycles. The molecule has 4 atom stereocenters. The maximum Gasteiger partial charge on any atom is 0.319 e. The van der Waals surface area contributed by atoms with Gasteiger partial charge in [-0.2, -0.15) is 0 Å². The number of aromatic nitrogens is 3. The predicted octanol–water partition coefficient (Wildman–Crippen LogP) is 3.30. The summed E-state index contributed by atoms with van der Waals surface area (Å²) in [6, 6.07) is 9.07. The summed E-state index contributed by atoms with van der Waals surface area (Å²) < 4.78 is 32.1. The van der Waals surface area contributed by atoms with Crippen molar-refractivity contribution in [1.29, 1.82) is 0 Å². The summed E-state index contributed by atoms with van der Waals surface area (Å²) in [6.07, 6.45) is 2.49. The molecule has 3 unspecified atom stereocenters. The van der Waals surface area contributed by atoms with Crippen LogP contribution in [-0.2, 0) is 14.6 Å². The van der Waals surface area contributed by atoms with E-state index in [1.807, 2.05) is 25.1 Å². The molecule has 3 N–H and O–H groups in total. The van der Waals surface area contributed by atoms with Gasteiger partial charge in [0.25, 0.3) is 0 Å². The molecule has 13 heteroatoms. The Morgan fingerprint density at radius 1 is 1.23 bits per heavy atom. The summed E-state index contributed by atoms with van der Waals surface area (Å²) in [5.41, 5.74) is 2.22. The van der Waals surface area contributed by atoms with Gasteiger partial charge >= 0.3 is 6.03 Å². The smallest absolute Gasteiger partial charge is 0.319 e. The topological polar surface area (TPSA) is 147 Å². The quantitative estimate of drug-likeness (QED) is 0.321. The minimum absolute atomic E-state index is 0.0151. The summed E-state index contributed by atoms with van der Waals surface area (Å²) in [4.78, 5) is 28.1. The third-order valence-electron chi connectivity index (χ3n) is 7.55. The number of ether oxygens (including phenoxy) is 1. The summed E-state index contributed by atoms with van der Waals surface area (Å²) in [7, 11) is -3.49. The molecule has 2 aromatic heterocycles. The highest BCUT2D eigenvalue weighted by Crippen LogP contribution is 2.48. The number of aliphatic hydroxyl groups is 1. The monoisotopic (exact) mass is 586 g/mol. The molecule has 0 radical (unpaired) electrons. The standard InChI is InChI=1S/C27H34N6O5S2/c1-17-16-38-12-10-33(17)24-15-22(21-14-23(18(21)2)40(36,37)27-29-9-13-39-27)31-25(32-24)19-4-6-20(7-5-19)30-26(35)28-8-3-11-34/h4-7,9,13,15,17-18,21,23,34H,3,8,10-12,14,16H2,1-2H3,(H2,28,30,35)/t17-,18?,21?,23?/m0/s1. The molecule has 2 aliphatic rings. The van der Waals surface area contributed by atoms with E-state index in [0.717, 1.165) is 28.4 Å². The minimum Gasteiger partial charge on any atom is -0.396 e. The second-order valence-corrected chi connectivity index (χ2v) is 13.4. The summed E-state index contributed by atoms with van der Waals surface area (Å²) in [6.45, 7) is 6.37. The lowest BCUT2D eigenvalue weighted by molar-refractivity contribution is 0.0985. The molecule has 2 fully saturated rings. The van der Waals surface area contributed by atoms with E-state index in [1.54, 1.807) is 17.5 Å². The number of nitrogens with one attached hydrogen (secondary N) is 2. The fraction of sp³-hybridized carbons (Fsp3) is 0.481. The Balaban J connectivity index is 1.40. The number of hydrogen-bond acceptors (Lipinski definition) is 10. The Hall–Kier alpha value is -3.13. The highest BCUT2D eigenvalue weighted by Gasteiger charge is 2.48. The number of morpholine rings is 1. The Kier molecular flexibility index (Phi) is 8.64. The molecule has 1 aliphatic heterocycles. The van der Waals surface area contributed by atoms with Gasteiger partial charge < -0.3 is 25.4 Å². The number of amides is 2. The molecule has 1 saturated heterocycles. The number of benzene rings is 1. The molecule has 1 aliphatic carbocycles. The fourth-order valence-electron chi connectivity index (χ4n) is 5.17. The first kappa shape index (κ1) is 28.4. The number of nitrogens with zero attached hydrogens (tertiary/aromatic N) is 4. The van der Waals surface area contributed by atoms with Gasteiger partial charge in [0.2, 0.25) is 14.2 Å². The first-order valence-electron chi connectivity index (χ1n) is 13.4. The number of anilines is 2. The SMILES string of the molecule is CC1C(c2cc(N3CCOC[C@@H]3C)nc(-c3ccc(NC(=O)NCCCO)cc3)n2)CC1S(=O)(=O)c1nccs1. The Labute approximate surface area is 237 Å². The van der Waals surface area contributed by atoms with E-state index in [9.17, 15) is 13.2 Å². The van der Waals surface area contributed by atoms with Crippen molar-refractivity contribution in [3.8, 4) is 11.4 Å². The van der Waals surface area contributed by atoms with E-state index < -0.39 is 15.1 Å². The number of urea groups is 1. The van der Waals surface area contributed by atoms with Crippen molar-refractivity contribution in [3.05, 3.63) is 47.6 Å². The van der Waals surface area contributed by atoms with E-state index in [0.29, 0.717) is 50.7 Å². The third kappa shape index (κ3) is 5.97. The zero-order valence-electron chi connectivity index (χ0n) is 22.5. The normalized spacial score (nSPS) is 22.9. The van der Waals surface area contributed by atoms with E-state index in [4.69, 9.17) is 19.8 Å². The van der Waals surface area contributed by atoms with Crippen molar-refractivity contribution >= 4 is 38.7 Å². The molecule has 1 saturated carbocycles. The molecule has 3 aromatic rings. The number of sulfone groups is 1. The van der Waals surface area contributed by atoms with Crippen LogP contribution in [0.15, 0.2) is 46.2 Å². The first-order valence-corrected chi connectivity index (χ1v) is 15.8. The zero-order valence-corrected chi connectivity index (χ0v) is 24.1. The second-order valence-electron chi connectivity index (χ2n) is 10.2. The van der Waals surface area contributed by atoms with Crippen molar-refractivity contribution in [1.82, 2.24) is 20.3 Å². The van der Waals surface area contributed by atoms with Crippen LogP contribution in [0.3, 0.4) is 0 Å². The number of thiazole rings is 1. The molecule has 5 rings (SSSR count). The van der Waals surface area contributed by atoms with Gasteiger partial charge in [-0.15, -0.1) is 11.3 Å². The number of hydrogen-bond donors (Lipinski definition) is 3.